The van der Waals surface area contributed by atoms with Crippen molar-refractivity contribution < 1.29 is 9.90 Å². The lowest BCUT2D eigenvalue weighted by Gasteiger charge is -2.22. The highest BCUT2D eigenvalue weighted by atomic mass is 16.3. The number of rotatable bonds is 3. The number of hydrogen-bond acceptors (Lipinski definition) is 5. The van der Waals surface area contributed by atoms with Gasteiger partial charge in [0.2, 0.25) is 0 Å². The molecule has 0 fully saturated rings. The smallest absolute Gasteiger partial charge is 0.274 e. The van der Waals surface area contributed by atoms with Gasteiger partial charge in [-0.15, -0.1) is 0 Å². The highest BCUT2D eigenvalue weighted by Crippen LogP contribution is 2.03. The maximum absolute atomic E-state index is 11.7. The van der Waals surface area contributed by atoms with Crippen molar-refractivity contribution in [2.24, 2.45) is 0 Å². The van der Waals surface area contributed by atoms with Gasteiger partial charge in [-0.05, 0) is 6.92 Å². The Labute approximate surface area is 87.8 Å². The normalized spacial score (nSPS) is 12.2. The van der Waals surface area contributed by atoms with Crippen LogP contribution in [0.2, 0.25) is 0 Å². The summed E-state index contributed by atoms with van der Waals surface area (Å²) in [7, 11) is 1.60. The predicted octanol–water partition coefficient (Wildman–Crippen LogP) is -0.488. The van der Waals surface area contributed by atoms with Gasteiger partial charge in [0.05, 0.1) is 25.0 Å². The maximum Gasteiger partial charge on any atom is 0.274 e. The quantitative estimate of drug-likeness (QED) is 0.702. The molecule has 1 unspecified atom stereocenters. The van der Waals surface area contributed by atoms with Crippen LogP contribution in [0.15, 0.2) is 12.4 Å². The van der Waals surface area contributed by atoms with E-state index in [1.54, 1.807) is 14.0 Å². The largest absolute Gasteiger partial charge is 0.394 e. The Bertz CT molecular complexity index is 338. The number of anilines is 1. The van der Waals surface area contributed by atoms with Crippen molar-refractivity contribution in [1.82, 2.24) is 14.9 Å². The number of carbonyl (C=O) groups is 1. The highest BCUT2D eigenvalue weighted by Gasteiger charge is 2.17. The lowest BCUT2D eigenvalue weighted by Crippen LogP contribution is -2.37. The van der Waals surface area contributed by atoms with E-state index in [0.29, 0.717) is 0 Å². The summed E-state index contributed by atoms with van der Waals surface area (Å²) in [6, 6.07) is -0.253. The van der Waals surface area contributed by atoms with E-state index in [1.807, 2.05) is 0 Å². The van der Waals surface area contributed by atoms with Crippen LogP contribution in [0, 0.1) is 0 Å². The van der Waals surface area contributed by atoms with Crippen molar-refractivity contribution in [3.05, 3.63) is 18.1 Å². The van der Waals surface area contributed by atoms with E-state index in [2.05, 4.69) is 9.97 Å². The molecule has 1 atom stereocenters. The van der Waals surface area contributed by atoms with Crippen LogP contribution >= 0.6 is 0 Å². The molecule has 0 aliphatic heterocycles. The Morgan fingerprint density at radius 1 is 1.60 bits per heavy atom. The van der Waals surface area contributed by atoms with Crippen molar-refractivity contribution in [3.8, 4) is 0 Å². The number of aliphatic hydroxyl groups is 1. The molecule has 0 aliphatic carbocycles. The predicted molar refractivity (Wildman–Crippen MR) is 55.1 cm³/mol. The molecule has 0 saturated carbocycles. The number of nitrogens with zero attached hydrogens (tertiary/aromatic N) is 3. The van der Waals surface area contributed by atoms with Gasteiger partial charge >= 0.3 is 0 Å². The van der Waals surface area contributed by atoms with E-state index < -0.39 is 0 Å². The Morgan fingerprint density at radius 2 is 2.27 bits per heavy atom. The first-order valence-corrected chi connectivity index (χ1v) is 4.51. The molecule has 0 aliphatic rings. The van der Waals surface area contributed by atoms with E-state index in [1.165, 1.54) is 17.3 Å². The first-order chi connectivity index (χ1) is 7.06. The zero-order chi connectivity index (χ0) is 11.4. The molecule has 0 saturated heterocycles. The number of aliphatic hydroxyl groups excluding tert-OH is 1. The summed E-state index contributed by atoms with van der Waals surface area (Å²) in [5.41, 5.74) is 5.57. The topological polar surface area (TPSA) is 92.3 Å². The van der Waals surface area contributed by atoms with Gasteiger partial charge in [0.1, 0.15) is 11.5 Å². The molecule has 0 aromatic carbocycles. The first kappa shape index (κ1) is 11.4. The highest BCUT2D eigenvalue weighted by molar-refractivity contribution is 5.92. The zero-order valence-corrected chi connectivity index (χ0v) is 8.71. The fourth-order valence-electron chi connectivity index (χ4n) is 0.952. The third-order valence-electron chi connectivity index (χ3n) is 2.14. The second kappa shape index (κ2) is 4.70. The van der Waals surface area contributed by atoms with Crippen LogP contribution in [-0.4, -0.2) is 45.6 Å². The molecule has 1 aromatic heterocycles. The molecule has 6 nitrogen and oxygen atoms in total. The Balaban J connectivity index is 2.80. The minimum atomic E-state index is -0.288. The fourth-order valence-corrected chi connectivity index (χ4v) is 0.952. The molecule has 82 valence electrons. The summed E-state index contributed by atoms with van der Waals surface area (Å²) < 4.78 is 0. The molecule has 0 bridgehead atoms. The van der Waals surface area contributed by atoms with Crippen molar-refractivity contribution in [3.63, 3.8) is 0 Å². The monoisotopic (exact) mass is 210 g/mol. The SMILES string of the molecule is CC(CO)N(C)C(=O)c1cnc(N)cn1. The summed E-state index contributed by atoms with van der Waals surface area (Å²) in [6.07, 6.45) is 2.64. The number of nitrogens with two attached hydrogens (primary N) is 1. The minimum Gasteiger partial charge on any atom is -0.394 e. The van der Waals surface area contributed by atoms with E-state index in [4.69, 9.17) is 10.8 Å². The van der Waals surface area contributed by atoms with Crippen LogP contribution in [0.1, 0.15) is 17.4 Å². The average Bonchev–Trinajstić information content (AvgIpc) is 2.27. The van der Waals surface area contributed by atoms with Crippen LogP contribution < -0.4 is 5.73 Å². The van der Waals surface area contributed by atoms with Gasteiger partial charge in [-0.3, -0.25) is 4.79 Å². The van der Waals surface area contributed by atoms with Crippen LogP contribution in [0.5, 0.6) is 0 Å². The minimum absolute atomic E-state index is 0.0926. The molecule has 1 heterocycles. The molecule has 6 heteroatoms. The van der Waals surface area contributed by atoms with Crippen LogP contribution in [0.4, 0.5) is 5.82 Å². The molecule has 1 aromatic rings. The van der Waals surface area contributed by atoms with Gasteiger partial charge in [-0.2, -0.15) is 0 Å². The molecule has 0 spiro atoms. The second-order valence-electron chi connectivity index (χ2n) is 3.27. The number of aromatic nitrogens is 2. The standard InChI is InChI=1S/C9H14N4O2/c1-6(5-14)13(2)9(15)7-3-12-8(10)4-11-7/h3-4,6,14H,5H2,1-2H3,(H2,10,12). The number of hydrogen-bond donors (Lipinski definition) is 2. The molecule has 1 rings (SSSR count). The third kappa shape index (κ3) is 2.63. The summed E-state index contributed by atoms with van der Waals surface area (Å²) in [5.74, 6) is -0.0199. The lowest BCUT2D eigenvalue weighted by atomic mass is 10.3. The van der Waals surface area contributed by atoms with Gasteiger partial charge in [-0.1, -0.05) is 0 Å². The Morgan fingerprint density at radius 3 is 2.73 bits per heavy atom. The number of amides is 1. The van der Waals surface area contributed by atoms with E-state index in [0.717, 1.165) is 0 Å². The van der Waals surface area contributed by atoms with Crippen LogP contribution in [0.25, 0.3) is 0 Å². The number of nitrogen functional groups attached to an aromatic ring is 1. The summed E-state index contributed by atoms with van der Waals surface area (Å²) in [4.78, 5) is 20.8. The number of carbonyl (C=O) groups excluding carboxylic acids is 1. The number of likely N-dealkylation sites (N-methyl/N-ethyl adjacent to an activating group) is 1. The van der Waals surface area contributed by atoms with E-state index in [-0.39, 0.29) is 30.1 Å². The maximum atomic E-state index is 11.7. The van der Waals surface area contributed by atoms with Crippen molar-refractivity contribution in [2.45, 2.75) is 13.0 Å². The van der Waals surface area contributed by atoms with Gasteiger partial charge in [-0.25, -0.2) is 9.97 Å². The fraction of sp³-hybridized carbons (Fsp3) is 0.444. The molecular formula is C9H14N4O2. The van der Waals surface area contributed by atoms with Gasteiger partial charge in [0.25, 0.3) is 5.91 Å². The first-order valence-electron chi connectivity index (χ1n) is 4.51. The van der Waals surface area contributed by atoms with Crippen molar-refractivity contribution in [2.75, 3.05) is 19.4 Å². The Kier molecular flexibility index (Phi) is 3.56. The van der Waals surface area contributed by atoms with Crippen molar-refractivity contribution in [1.29, 1.82) is 0 Å². The Hall–Kier alpha value is -1.69. The molecule has 0 radical (unpaired) electrons. The molecule has 1 amide bonds. The van der Waals surface area contributed by atoms with Crippen LogP contribution in [0.3, 0.4) is 0 Å². The lowest BCUT2D eigenvalue weighted by molar-refractivity contribution is 0.0676. The van der Waals surface area contributed by atoms with E-state index >= 15 is 0 Å². The summed E-state index contributed by atoms with van der Waals surface area (Å²) in [5, 5.41) is 8.90. The average molecular weight is 210 g/mol. The molecular weight excluding hydrogens is 196 g/mol. The second-order valence-corrected chi connectivity index (χ2v) is 3.27. The van der Waals surface area contributed by atoms with Crippen molar-refractivity contribution >= 4 is 11.7 Å². The summed E-state index contributed by atoms with van der Waals surface area (Å²) in [6.45, 7) is 1.65. The third-order valence-corrected chi connectivity index (χ3v) is 2.14. The molecule has 3 N–H and O–H groups in total. The van der Waals surface area contributed by atoms with E-state index in [9.17, 15) is 4.79 Å². The molecule has 15 heavy (non-hydrogen) atoms. The summed E-state index contributed by atoms with van der Waals surface area (Å²) >= 11 is 0. The van der Waals surface area contributed by atoms with Crippen LogP contribution in [-0.2, 0) is 0 Å². The van der Waals surface area contributed by atoms with Gasteiger partial charge in [0, 0.05) is 7.05 Å². The van der Waals surface area contributed by atoms with Gasteiger partial charge < -0.3 is 15.7 Å². The zero-order valence-electron chi connectivity index (χ0n) is 8.71. The van der Waals surface area contributed by atoms with Gasteiger partial charge in [0.15, 0.2) is 0 Å².